The maximum atomic E-state index is 5.62. The maximum Gasteiger partial charge on any atom is 0.225 e. The molecule has 3 aliphatic heterocycles. The average Bonchev–Trinajstić information content (AvgIpc) is 3.46. The Morgan fingerprint density at radius 3 is 2.55 bits per heavy atom. The summed E-state index contributed by atoms with van der Waals surface area (Å²) in [5, 5.41) is 4.11. The van der Waals surface area contributed by atoms with Gasteiger partial charge < -0.3 is 19.1 Å². The van der Waals surface area contributed by atoms with E-state index in [9.17, 15) is 0 Å². The Hall–Kier alpha value is -1.99. The lowest BCUT2D eigenvalue weighted by molar-refractivity contribution is 0.151. The molecule has 1 atom stereocenters. The Bertz CT molecular complexity index is 863. The number of likely N-dealkylation sites (tertiary alicyclic amines) is 1. The number of anilines is 1. The first kappa shape index (κ1) is 20.9. The fourth-order valence-electron chi connectivity index (χ4n) is 5.22. The third-order valence-electron chi connectivity index (χ3n) is 7.28. The molecule has 31 heavy (non-hydrogen) atoms. The van der Waals surface area contributed by atoms with Gasteiger partial charge in [0.1, 0.15) is 0 Å². The summed E-state index contributed by atoms with van der Waals surface area (Å²) < 4.78 is 11.2. The van der Waals surface area contributed by atoms with Crippen LogP contribution in [0.4, 0.5) is 5.95 Å². The highest BCUT2D eigenvalue weighted by Crippen LogP contribution is 2.36. The number of rotatable bonds is 5. The summed E-state index contributed by atoms with van der Waals surface area (Å²) in [7, 11) is 0. The highest BCUT2D eigenvalue weighted by Gasteiger charge is 2.29. The third-order valence-corrected chi connectivity index (χ3v) is 7.28. The largest absolute Gasteiger partial charge is 0.381 e. The lowest BCUT2D eigenvalue weighted by Crippen LogP contribution is -2.37. The van der Waals surface area contributed by atoms with Crippen molar-refractivity contribution >= 4 is 5.95 Å². The second-order valence-electron chi connectivity index (χ2n) is 9.78. The van der Waals surface area contributed by atoms with Crippen LogP contribution in [0.3, 0.4) is 0 Å². The van der Waals surface area contributed by atoms with Gasteiger partial charge in [0.25, 0.3) is 0 Å². The first-order valence-electron chi connectivity index (χ1n) is 12.0. The van der Waals surface area contributed by atoms with Gasteiger partial charge >= 0.3 is 0 Å². The van der Waals surface area contributed by atoms with Crippen LogP contribution >= 0.6 is 0 Å². The number of nitrogens with zero attached hydrogens (tertiary/aromatic N) is 5. The Morgan fingerprint density at radius 2 is 1.87 bits per heavy atom. The minimum absolute atomic E-state index is 0.432. The second kappa shape index (κ2) is 9.25. The second-order valence-corrected chi connectivity index (χ2v) is 9.78. The Kier molecular flexibility index (Phi) is 6.23. The number of aryl methyl sites for hydroxylation is 1. The van der Waals surface area contributed by atoms with Crippen LogP contribution in [0.5, 0.6) is 0 Å². The monoisotopic (exact) mass is 425 g/mol. The molecule has 0 saturated carbocycles. The summed E-state index contributed by atoms with van der Waals surface area (Å²) in [5.74, 6) is 3.60. The minimum atomic E-state index is 0.432. The van der Waals surface area contributed by atoms with Gasteiger partial charge in [-0.15, -0.1) is 0 Å². The predicted molar refractivity (Wildman–Crippen MR) is 120 cm³/mol. The van der Waals surface area contributed by atoms with E-state index in [4.69, 9.17) is 19.2 Å². The quantitative estimate of drug-likeness (QED) is 0.720. The summed E-state index contributed by atoms with van der Waals surface area (Å²) >= 11 is 0. The third kappa shape index (κ3) is 4.77. The summed E-state index contributed by atoms with van der Waals surface area (Å²) in [5.41, 5.74) is 3.05. The molecule has 3 fully saturated rings. The van der Waals surface area contributed by atoms with E-state index in [1.165, 1.54) is 25.8 Å². The number of ether oxygens (including phenoxy) is 1. The van der Waals surface area contributed by atoms with Gasteiger partial charge in [-0.3, -0.25) is 0 Å². The molecule has 0 aromatic carbocycles. The molecule has 0 unspecified atom stereocenters. The molecule has 0 aliphatic carbocycles. The van der Waals surface area contributed by atoms with Crippen molar-refractivity contribution in [2.75, 3.05) is 50.8 Å². The molecule has 7 heteroatoms. The molecule has 5 rings (SSSR count). The summed E-state index contributed by atoms with van der Waals surface area (Å²) in [6, 6.07) is 2.00. The zero-order chi connectivity index (χ0) is 21.2. The number of aromatic nitrogens is 3. The molecule has 168 valence electrons. The van der Waals surface area contributed by atoms with E-state index in [-0.39, 0.29) is 0 Å². The van der Waals surface area contributed by atoms with Crippen molar-refractivity contribution in [3.63, 3.8) is 0 Å². The molecule has 2 aromatic heterocycles. The van der Waals surface area contributed by atoms with Gasteiger partial charge in [-0.25, -0.2) is 9.97 Å². The molecule has 0 N–H and O–H groups in total. The van der Waals surface area contributed by atoms with Crippen LogP contribution in [0.2, 0.25) is 0 Å². The minimum Gasteiger partial charge on any atom is -0.381 e. The van der Waals surface area contributed by atoms with Gasteiger partial charge in [0, 0.05) is 44.4 Å². The SMILES string of the molecule is Cc1cc(-c2cnc(N3CCC(C)CC3)nc2C2CCN(C[C@H]3CCOC3)CC2)on1. The van der Waals surface area contributed by atoms with Crippen LogP contribution < -0.4 is 4.90 Å². The lowest BCUT2D eigenvalue weighted by atomic mass is 9.89. The number of piperidine rings is 2. The molecule has 2 aromatic rings. The van der Waals surface area contributed by atoms with Gasteiger partial charge in [0.15, 0.2) is 5.76 Å². The molecular formula is C24H35N5O2. The molecule has 3 aliphatic rings. The standard InChI is InChI=1S/C24H35N5O2/c1-17-3-10-29(11-4-17)24-25-14-21(22-13-18(2)27-31-22)23(26-24)20-5-8-28(9-6-20)15-19-7-12-30-16-19/h13-14,17,19-20H,3-12,15-16H2,1-2H3/t19-/m1/s1. The normalized spacial score (nSPS) is 24.2. The number of hydrogen-bond donors (Lipinski definition) is 0. The molecule has 0 radical (unpaired) electrons. The Labute approximate surface area is 185 Å². The smallest absolute Gasteiger partial charge is 0.225 e. The van der Waals surface area contributed by atoms with E-state index in [0.29, 0.717) is 11.8 Å². The summed E-state index contributed by atoms with van der Waals surface area (Å²) in [6.07, 6.45) is 7.86. The predicted octanol–water partition coefficient (Wildman–Crippen LogP) is 3.89. The molecule has 0 bridgehead atoms. The van der Waals surface area contributed by atoms with Crippen LogP contribution in [0.25, 0.3) is 11.3 Å². The fourth-order valence-corrected chi connectivity index (χ4v) is 5.22. The van der Waals surface area contributed by atoms with Gasteiger partial charge in [0.05, 0.1) is 23.6 Å². The van der Waals surface area contributed by atoms with Gasteiger partial charge in [0.2, 0.25) is 5.95 Å². The number of hydrogen-bond acceptors (Lipinski definition) is 7. The van der Waals surface area contributed by atoms with Crippen molar-refractivity contribution in [2.45, 2.75) is 51.9 Å². The molecule has 0 amide bonds. The molecule has 7 nitrogen and oxygen atoms in total. The first-order chi connectivity index (χ1) is 15.2. The van der Waals surface area contributed by atoms with E-state index in [2.05, 4.69) is 21.9 Å². The van der Waals surface area contributed by atoms with E-state index >= 15 is 0 Å². The zero-order valence-electron chi connectivity index (χ0n) is 18.9. The highest BCUT2D eigenvalue weighted by atomic mass is 16.5. The maximum absolute atomic E-state index is 5.62. The van der Waals surface area contributed by atoms with Crippen molar-refractivity contribution < 1.29 is 9.26 Å². The topological polar surface area (TPSA) is 67.5 Å². The molecule has 0 spiro atoms. The zero-order valence-corrected chi connectivity index (χ0v) is 18.9. The van der Waals surface area contributed by atoms with Crippen molar-refractivity contribution in [3.05, 3.63) is 23.7 Å². The Balaban J connectivity index is 1.35. The summed E-state index contributed by atoms with van der Waals surface area (Å²) in [4.78, 5) is 14.9. The Morgan fingerprint density at radius 1 is 1.06 bits per heavy atom. The van der Waals surface area contributed by atoms with Crippen molar-refractivity contribution in [2.24, 2.45) is 11.8 Å². The van der Waals surface area contributed by atoms with Crippen LogP contribution in [0.15, 0.2) is 16.8 Å². The van der Waals surface area contributed by atoms with Crippen LogP contribution in [0.1, 0.15) is 56.3 Å². The van der Waals surface area contributed by atoms with Gasteiger partial charge in [-0.05, 0) is 64.0 Å². The first-order valence-corrected chi connectivity index (χ1v) is 12.0. The van der Waals surface area contributed by atoms with E-state index < -0.39 is 0 Å². The van der Waals surface area contributed by atoms with Gasteiger partial charge in [-0.1, -0.05) is 12.1 Å². The van der Waals surface area contributed by atoms with E-state index in [1.807, 2.05) is 19.2 Å². The van der Waals surface area contributed by atoms with E-state index in [1.54, 1.807) is 0 Å². The van der Waals surface area contributed by atoms with Crippen molar-refractivity contribution in [3.8, 4) is 11.3 Å². The molecule has 5 heterocycles. The highest BCUT2D eigenvalue weighted by molar-refractivity contribution is 5.61. The van der Waals surface area contributed by atoms with Crippen LogP contribution in [-0.4, -0.2) is 66.0 Å². The van der Waals surface area contributed by atoms with E-state index in [0.717, 1.165) is 86.8 Å². The van der Waals surface area contributed by atoms with Crippen molar-refractivity contribution in [1.82, 2.24) is 20.0 Å². The van der Waals surface area contributed by atoms with Crippen LogP contribution in [0, 0.1) is 18.8 Å². The molecular weight excluding hydrogens is 390 g/mol. The fraction of sp³-hybridized carbons (Fsp3) is 0.708. The molecule has 3 saturated heterocycles. The van der Waals surface area contributed by atoms with Crippen LogP contribution in [-0.2, 0) is 4.74 Å². The summed E-state index contributed by atoms with van der Waals surface area (Å²) in [6.45, 7) is 11.7. The lowest BCUT2D eigenvalue weighted by Gasteiger charge is -2.34. The van der Waals surface area contributed by atoms with Crippen molar-refractivity contribution in [1.29, 1.82) is 0 Å². The average molecular weight is 426 g/mol. The van der Waals surface area contributed by atoms with Gasteiger partial charge in [-0.2, -0.15) is 0 Å².